The number of halogens is 1. The lowest BCUT2D eigenvalue weighted by Gasteiger charge is -2.08. The first kappa shape index (κ1) is 10.2. The van der Waals surface area contributed by atoms with Gasteiger partial charge in [-0.2, -0.15) is 0 Å². The number of hydrogen-bond acceptors (Lipinski definition) is 2. The van der Waals surface area contributed by atoms with E-state index >= 15 is 0 Å². The maximum Gasteiger partial charge on any atom is 0.169 e. The molecule has 0 radical (unpaired) electrons. The van der Waals surface area contributed by atoms with Gasteiger partial charge in [-0.05, 0) is 47.7 Å². The van der Waals surface area contributed by atoms with E-state index in [0.717, 1.165) is 30.6 Å². The van der Waals surface area contributed by atoms with Crippen molar-refractivity contribution in [2.45, 2.75) is 38.7 Å². The summed E-state index contributed by atoms with van der Waals surface area (Å²) in [6.07, 6.45) is 3.11. The summed E-state index contributed by atoms with van der Waals surface area (Å²) in [7, 11) is 0. The summed E-state index contributed by atoms with van der Waals surface area (Å²) in [5.74, 6) is 1.26. The molecule has 1 aliphatic rings. The molecule has 3 heteroatoms. The Morgan fingerprint density at radius 1 is 1.71 bits per heavy atom. The van der Waals surface area contributed by atoms with Crippen molar-refractivity contribution in [1.82, 2.24) is 0 Å². The SMILES string of the molecule is CCCC1CC1(O)c1cc(Br)oc1C. The van der Waals surface area contributed by atoms with Gasteiger partial charge in [0.05, 0.1) is 5.60 Å². The summed E-state index contributed by atoms with van der Waals surface area (Å²) < 4.78 is 6.07. The maximum absolute atomic E-state index is 10.3. The molecule has 1 fully saturated rings. The van der Waals surface area contributed by atoms with Crippen LogP contribution in [0.15, 0.2) is 15.2 Å². The zero-order valence-electron chi connectivity index (χ0n) is 8.51. The lowest BCUT2D eigenvalue weighted by molar-refractivity contribution is 0.127. The molecule has 1 saturated carbocycles. The van der Waals surface area contributed by atoms with E-state index in [-0.39, 0.29) is 0 Å². The van der Waals surface area contributed by atoms with Crippen LogP contribution in [0.25, 0.3) is 0 Å². The smallest absolute Gasteiger partial charge is 0.169 e. The van der Waals surface area contributed by atoms with Gasteiger partial charge in [-0.15, -0.1) is 0 Å². The lowest BCUT2D eigenvalue weighted by Crippen LogP contribution is -2.08. The minimum Gasteiger partial charge on any atom is -0.454 e. The van der Waals surface area contributed by atoms with E-state index in [0.29, 0.717) is 10.6 Å². The Labute approximate surface area is 92.4 Å². The fourth-order valence-electron chi connectivity index (χ4n) is 2.21. The molecule has 1 aromatic heterocycles. The summed E-state index contributed by atoms with van der Waals surface area (Å²) in [4.78, 5) is 0. The minimum absolute atomic E-state index is 0.427. The molecule has 0 aliphatic heterocycles. The molecule has 14 heavy (non-hydrogen) atoms. The van der Waals surface area contributed by atoms with Crippen LogP contribution in [-0.4, -0.2) is 5.11 Å². The zero-order valence-corrected chi connectivity index (χ0v) is 10.1. The van der Waals surface area contributed by atoms with Crippen molar-refractivity contribution in [3.8, 4) is 0 Å². The van der Waals surface area contributed by atoms with Crippen LogP contribution in [0.4, 0.5) is 0 Å². The Kier molecular flexibility index (Phi) is 2.48. The Bertz CT molecular complexity index is 345. The molecule has 2 rings (SSSR count). The van der Waals surface area contributed by atoms with Crippen LogP contribution in [0.1, 0.15) is 37.5 Å². The van der Waals surface area contributed by atoms with Gasteiger partial charge in [0.1, 0.15) is 5.76 Å². The van der Waals surface area contributed by atoms with E-state index in [4.69, 9.17) is 4.42 Å². The van der Waals surface area contributed by atoms with Crippen LogP contribution >= 0.6 is 15.9 Å². The van der Waals surface area contributed by atoms with Crippen LogP contribution in [0.2, 0.25) is 0 Å². The molecule has 78 valence electrons. The van der Waals surface area contributed by atoms with E-state index in [2.05, 4.69) is 22.9 Å². The maximum atomic E-state index is 10.3. The van der Waals surface area contributed by atoms with Gasteiger partial charge in [-0.3, -0.25) is 0 Å². The molecular weight excluding hydrogens is 244 g/mol. The molecule has 0 aromatic carbocycles. The molecule has 0 amide bonds. The predicted octanol–water partition coefficient (Wildman–Crippen LogP) is 3.36. The van der Waals surface area contributed by atoms with Crippen molar-refractivity contribution in [3.63, 3.8) is 0 Å². The second-order valence-corrected chi connectivity index (χ2v) is 4.92. The topological polar surface area (TPSA) is 33.4 Å². The third-order valence-corrected chi connectivity index (χ3v) is 3.45. The standard InChI is InChI=1S/C11H15BrO2/c1-3-4-8-6-11(8,13)9-5-10(12)14-7(9)2/h5,8,13H,3-4,6H2,1-2H3. The van der Waals surface area contributed by atoms with Crippen molar-refractivity contribution in [1.29, 1.82) is 0 Å². The third-order valence-electron chi connectivity index (χ3n) is 3.06. The van der Waals surface area contributed by atoms with Gasteiger partial charge in [0.2, 0.25) is 0 Å². The fraction of sp³-hybridized carbons (Fsp3) is 0.636. The Morgan fingerprint density at radius 2 is 2.43 bits per heavy atom. The van der Waals surface area contributed by atoms with Crippen LogP contribution < -0.4 is 0 Å². The summed E-state index contributed by atoms with van der Waals surface area (Å²) in [5.41, 5.74) is 0.359. The van der Waals surface area contributed by atoms with Gasteiger partial charge in [0, 0.05) is 5.56 Å². The van der Waals surface area contributed by atoms with Crippen LogP contribution in [-0.2, 0) is 5.60 Å². The van der Waals surface area contributed by atoms with Gasteiger partial charge in [0.25, 0.3) is 0 Å². The second kappa shape index (κ2) is 3.38. The highest BCUT2D eigenvalue weighted by Crippen LogP contribution is 2.55. The first-order valence-corrected chi connectivity index (χ1v) is 5.86. The number of rotatable bonds is 3. The van der Waals surface area contributed by atoms with Gasteiger partial charge in [0.15, 0.2) is 4.67 Å². The molecule has 1 N–H and O–H groups in total. The number of hydrogen-bond donors (Lipinski definition) is 1. The molecule has 2 nitrogen and oxygen atoms in total. The Balaban J connectivity index is 2.20. The van der Waals surface area contributed by atoms with Crippen LogP contribution in [0.5, 0.6) is 0 Å². The molecule has 2 atom stereocenters. The Hall–Kier alpha value is -0.280. The van der Waals surface area contributed by atoms with E-state index in [1.165, 1.54) is 0 Å². The van der Waals surface area contributed by atoms with Gasteiger partial charge in [-0.25, -0.2) is 0 Å². The van der Waals surface area contributed by atoms with E-state index in [1.807, 2.05) is 13.0 Å². The van der Waals surface area contributed by atoms with Crippen LogP contribution in [0, 0.1) is 12.8 Å². The third kappa shape index (κ3) is 1.52. The summed E-state index contributed by atoms with van der Waals surface area (Å²) in [6.45, 7) is 4.05. The number of aryl methyl sites for hydroxylation is 1. The molecule has 2 unspecified atom stereocenters. The van der Waals surface area contributed by atoms with E-state index in [1.54, 1.807) is 0 Å². The first-order chi connectivity index (χ1) is 6.58. The average molecular weight is 259 g/mol. The van der Waals surface area contributed by atoms with Crippen molar-refractivity contribution in [3.05, 3.63) is 22.1 Å². The largest absolute Gasteiger partial charge is 0.454 e. The van der Waals surface area contributed by atoms with Crippen molar-refractivity contribution >= 4 is 15.9 Å². The highest BCUT2D eigenvalue weighted by molar-refractivity contribution is 9.10. The molecule has 1 heterocycles. The lowest BCUT2D eigenvalue weighted by atomic mass is 10.0. The van der Waals surface area contributed by atoms with Crippen LogP contribution in [0.3, 0.4) is 0 Å². The fourth-order valence-corrected chi connectivity index (χ4v) is 2.68. The number of aliphatic hydroxyl groups is 1. The quantitative estimate of drug-likeness (QED) is 0.902. The van der Waals surface area contributed by atoms with Gasteiger partial charge >= 0.3 is 0 Å². The summed E-state index contributed by atoms with van der Waals surface area (Å²) in [6, 6.07) is 1.89. The zero-order chi connectivity index (χ0) is 10.3. The normalized spacial score (nSPS) is 30.7. The minimum atomic E-state index is -0.602. The molecule has 1 aliphatic carbocycles. The first-order valence-electron chi connectivity index (χ1n) is 5.06. The summed E-state index contributed by atoms with van der Waals surface area (Å²) >= 11 is 3.28. The highest BCUT2D eigenvalue weighted by Gasteiger charge is 2.54. The Morgan fingerprint density at radius 3 is 2.93 bits per heavy atom. The molecule has 0 saturated heterocycles. The summed E-state index contributed by atoms with van der Waals surface area (Å²) in [5, 5.41) is 10.3. The molecule has 0 spiro atoms. The van der Waals surface area contributed by atoms with Gasteiger partial charge < -0.3 is 9.52 Å². The van der Waals surface area contributed by atoms with E-state index in [9.17, 15) is 5.11 Å². The average Bonchev–Trinajstić information content (AvgIpc) is 2.60. The molecular formula is C11H15BrO2. The predicted molar refractivity (Wildman–Crippen MR) is 58.1 cm³/mol. The monoisotopic (exact) mass is 258 g/mol. The highest BCUT2D eigenvalue weighted by atomic mass is 79.9. The number of furan rings is 1. The van der Waals surface area contributed by atoms with Crippen molar-refractivity contribution in [2.75, 3.05) is 0 Å². The van der Waals surface area contributed by atoms with Crippen molar-refractivity contribution in [2.24, 2.45) is 5.92 Å². The van der Waals surface area contributed by atoms with Gasteiger partial charge in [-0.1, -0.05) is 13.3 Å². The van der Waals surface area contributed by atoms with E-state index < -0.39 is 5.60 Å². The molecule has 1 aromatic rings. The molecule has 0 bridgehead atoms. The van der Waals surface area contributed by atoms with Crippen molar-refractivity contribution < 1.29 is 9.52 Å². The second-order valence-electron chi connectivity index (χ2n) is 4.13.